The van der Waals surface area contributed by atoms with Crippen molar-refractivity contribution in [1.29, 1.82) is 0 Å². The largest absolute Gasteiger partial charge is 0.493 e. The maximum atomic E-state index is 11.4. The number of carbonyl (C=O) groups excluding carboxylic acids is 1. The Bertz CT molecular complexity index is 620. The van der Waals surface area contributed by atoms with Gasteiger partial charge in [-0.1, -0.05) is 35.9 Å². The van der Waals surface area contributed by atoms with Crippen LogP contribution in [0, 0.1) is 6.92 Å². The maximum absolute atomic E-state index is 11.4. The van der Waals surface area contributed by atoms with Crippen LogP contribution >= 0.6 is 0 Å². The topological polar surface area (TPSA) is 35.5 Å². The second kappa shape index (κ2) is 6.93. The first kappa shape index (κ1) is 15.1. The molecule has 110 valence electrons. The average molecular weight is 284 g/mol. The summed E-state index contributed by atoms with van der Waals surface area (Å²) in [5.41, 5.74) is 3.25. The SMILES string of the molecule is COc1ccc(CC(C=O)c2cccc(C)c2)cc1OC. The van der Waals surface area contributed by atoms with Gasteiger partial charge in [-0.15, -0.1) is 0 Å². The van der Waals surface area contributed by atoms with E-state index < -0.39 is 0 Å². The molecular weight excluding hydrogens is 264 g/mol. The van der Waals surface area contributed by atoms with Gasteiger partial charge in [-0.05, 0) is 36.6 Å². The molecule has 0 aliphatic carbocycles. The van der Waals surface area contributed by atoms with Gasteiger partial charge in [-0.2, -0.15) is 0 Å². The second-order valence-corrected chi connectivity index (χ2v) is 5.05. The van der Waals surface area contributed by atoms with Crippen LogP contribution in [0.15, 0.2) is 42.5 Å². The van der Waals surface area contributed by atoms with Crippen molar-refractivity contribution < 1.29 is 14.3 Å². The number of methoxy groups -OCH3 is 2. The quantitative estimate of drug-likeness (QED) is 0.761. The minimum Gasteiger partial charge on any atom is -0.493 e. The molecule has 0 heterocycles. The van der Waals surface area contributed by atoms with Crippen LogP contribution in [-0.4, -0.2) is 20.5 Å². The summed E-state index contributed by atoms with van der Waals surface area (Å²) in [5, 5.41) is 0. The van der Waals surface area contributed by atoms with Gasteiger partial charge < -0.3 is 14.3 Å². The van der Waals surface area contributed by atoms with E-state index in [0.717, 1.165) is 23.0 Å². The molecule has 1 atom stereocenters. The zero-order valence-corrected chi connectivity index (χ0v) is 12.6. The number of aryl methyl sites for hydroxylation is 1. The molecule has 0 saturated heterocycles. The summed E-state index contributed by atoms with van der Waals surface area (Å²) in [6.07, 6.45) is 1.65. The highest BCUT2D eigenvalue weighted by Gasteiger charge is 2.13. The molecule has 0 aromatic heterocycles. The molecule has 0 bridgehead atoms. The Balaban J connectivity index is 2.24. The summed E-state index contributed by atoms with van der Waals surface area (Å²) in [5.74, 6) is 1.23. The average Bonchev–Trinajstić information content (AvgIpc) is 2.52. The van der Waals surface area contributed by atoms with Crippen LogP contribution in [-0.2, 0) is 11.2 Å². The number of ether oxygens (including phenoxy) is 2. The molecule has 0 spiro atoms. The van der Waals surface area contributed by atoms with Crippen molar-refractivity contribution in [3.63, 3.8) is 0 Å². The zero-order valence-electron chi connectivity index (χ0n) is 12.6. The minimum absolute atomic E-state index is 0.150. The molecule has 2 aromatic carbocycles. The lowest BCUT2D eigenvalue weighted by molar-refractivity contribution is -0.109. The van der Waals surface area contributed by atoms with E-state index in [4.69, 9.17) is 9.47 Å². The van der Waals surface area contributed by atoms with E-state index in [9.17, 15) is 4.79 Å². The number of hydrogen-bond acceptors (Lipinski definition) is 3. The lowest BCUT2D eigenvalue weighted by Crippen LogP contribution is -2.05. The van der Waals surface area contributed by atoms with Gasteiger partial charge in [0.15, 0.2) is 11.5 Å². The predicted octanol–water partition coefficient (Wildman–Crippen LogP) is 3.54. The van der Waals surface area contributed by atoms with Gasteiger partial charge in [-0.25, -0.2) is 0 Å². The molecule has 3 heteroatoms. The van der Waals surface area contributed by atoms with E-state index in [1.807, 2.05) is 43.3 Å². The third-order valence-electron chi connectivity index (χ3n) is 3.54. The van der Waals surface area contributed by atoms with Crippen molar-refractivity contribution in [2.75, 3.05) is 14.2 Å². The molecule has 3 nitrogen and oxygen atoms in total. The van der Waals surface area contributed by atoms with E-state index in [-0.39, 0.29) is 5.92 Å². The van der Waals surface area contributed by atoms with Crippen molar-refractivity contribution >= 4 is 6.29 Å². The summed E-state index contributed by atoms with van der Waals surface area (Å²) >= 11 is 0. The monoisotopic (exact) mass is 284 g/mol. The second-order valence-electron chi connectivity index (χ2n) is 5.05. The van der Waals surface area contributed by atoms with E-state index >= 15 is 0 Å². The molecule has 0 saturated carbocycles. The first-order chi connectivity index (χ1) is 10.2. The predicted molar refractivity (Wildman–Crippen MR) is 83.2 cm³/mol. The van der Waals surface area contributed by atoms with Crippen molar-refractivity contribution in [2.45, 2.75) is 19.3 Å². The summed E-state index contributed by atoms with van der Waals surface area (Å²) in [4.78, 5) is 11.4. The standard InChI is InChI=1S/C18H20O3/c1-13-5-4-6-15(9-13)16(12-19)10-14-7-8-17(20-2)18(11-14)21-3/h4-9,11-12,16H,10H2,1-3H3. The number of rotatable bonds is 6. The van der Waals surface area contributed by atoms with Gasteiger partial charge in [0.05, 0.1) is 14.2 Å². The highest BCUT2D eigenvalue weighted by Crippen LogP contribution is 2.29. The highest BCUT2D eigenvalue weighted by atomic mass is 16.5. The van der Waals surface area contributed by atoms with Crippen LogP contribution in [0.5, 0.6) is 11.5 Å². The van der Waals surface area contributed by atoms with Gasteiger partial charge in [0, 0.05) is 5.92 Å². The Morgan fingerprint density at radius 2 is 1.81 bits per heavy atom. The van der Waals surface area contributed by atoms with E-state index in [2.05, 4.69) is 6.07 Å². The lowest BCUT2D eigenvalue weighted by atomic mass is 9.92. The Hall–Kier alpha value is -2.29. The van der Waals surface area contributed by atoms with Gasteiger partial charge in [0.25, 0.3) is 0 Å². The van der Waals surface area contributed by atoms with Crippen LogP contribution < -0.4 is 9.47 Å². The fraction of sp³-hybridized carbons (Fsp3) is 0.278. The Morgan fingerprint density at radius 1 is 1.05 bits per heavy atom. The van der Waals surface area contributed by atoms with E-state index in [1.165, 1.54) is 0 Å². The zero-order chi connectivity index (χ0) is 15.2. The minimum atomic E-state index is -0.150. The molecule has 2 aromatic rings. The van der Waals surface area contributed by atoms with Crippen molar-refractivity contribution in [2.24, 2.45) is 0 Å². The van der Waals surface area contributed by atoms with Crippen LogP contribution in [0.4, 0.5) is 0 Å². The lowest BCUT2D eigenvalue weighted by Gasteiger charge is -2.14. The van der Waals surface area contributed by atoms with Crippen LogP contribution in [0.25, 0.3) is 0 Å². The molecule has 0 radical (unpaired) electrons. The smallest absolute Gasteiger partial charge is 0.160 e. The summed E-state index contributed by atoms with van der Waals surface area (Å²) in [6, 6.07) is 13.8. The van der Waals surface area contributed by atoms with Crippen LogP contribution in [0.1, 0.15) is 22.6 Å². The summed E-state index contributed by atoms with van der Waals surface area (Å²) in [6.45, 7) is 2.03. The normalized spacial score (nSPS) is 11.8. The molecule has 0 aliphatic heterocycles. The van der Waals surface area contributed by atoms with E-state index in [1.54, 1.807) is 14.2 Å². The Kier molecular flexibility index (Phi) is 4.99. The van der Waals surface area contributed by atoms with Gasteiger partial charge >= 0.3 is 0 Å². The van der Waals surface area contributed by atoms with Crippen molar-refractivity contribution in [3.8, 4) is 11.5 Å². The Morgan fingerprint density at radius 3 is 2.43 bits per heavy atom. The van der Waals surface area contributed by atoms with Gasteiger partial charge in [0.1, 0.15) is 6.29 Å². The molecule has 0 amide bonds. The molecule has 2 rings (SSSR count). The molecular formula is C18H20O3. The van der Waals surface area contributed by atoms with Crippen LogP contribution in [0.3, 0.4) is 0 Å². The number of aldehydes is 1. The first-order valence-electron chi connectivity index (χ1n) is 6.90. The molecule has 0 aliphatic rings. The highest BCUT2D eigenvalue weighted by molar-refractivity contribution is 5.63. The molecule has 0 fully saturated rings. The first-order valence-corrected chi connectivity index (χ1v) is 6.90. The fourth-order valence-corrected chi connectivity index (χ4v) is 2.41. The number of benzene rings is 2. The number of hydrogen-bond donors (Lipinski definition) is 0. The van der Waals surface area contributed by atoms with Gasteiger partial charge in [-0.3, -0.25) is 0 Å². The number of carbonyl (C=O) groups is 1. The van der Waals surface area contributed by atoms with Crippen molar-refractivity contribution in [3.05, 3.63) is 59.2 Å². The Labute approximate surface area is 125 Å². The maximum Gasteiger partial charge on any atom is 0.160 e. The van der Waals surface area contributed by atoms with Crippen molar-refractivity contribution in [1.82, 2.24) is 0 Å². The third kappa shape index (κ3) is 3.63. The summed E-state index contributed by atoms with van der Waals surface area (Å²) < 4.78 is 10.5. The third-order valence-corrected chi connectivity index (χ3v) is 3.54. The van der Waals surface area contributed by atoms with Gasteiger partial charge in [0.2, 0.25) is 0 Å². The molecule has 21 heavy (non-hydrogen) atoms. The fourth-order valence-electron chi connectivity index (χ4n) is 2.41. The summed E-state index contributed by atoms with van der Waals surface area (Å²) in [7, 11) is 3.22. The molecule has 1 unspecified atom stereocenters. The van der Waals surface area contributed by atoms with E-state index in [0.29, 0.717) is 17.9 Å². The van der Waals surface area contributed by atoms with Crippen LogP contribution in [0.2, 0.25) is 0 Å². The molecule has 0 N–H and O–H groups in total.